The van der Waals surface area contributed by atoms with E-state index in [1.54, 1.807) is 39.0 Å². The molecule has 6 heteroatoms. The summed E-state index contributed by atoms with van der Waals surface area (Å²) in [5, 5.41) is 0. The molecule has 0 radical (unpaired) electrons. The van der Waals surface area contributed by atoms with Crippen LogP contribution >= 0.6 is 0 Å². The van der Waals surface area contributed by atoms with Gasteiger partial charge in [-0.25, -0.2) is 0 Å². The molecule has 24 heavy (non-hydrogen) atoms. The number of ether oxygens (including phenoxy) is 4. The molecule has 1 aliphatic rings. The summed E-state index contributed by atoms with van der Waals surface area (Å²) in [5.74, 6) is -1.76. The van der Waals surface area contributed by atoms with Crippen LogP contribution < -0.4 is 9.47 Å². The molecule has 0 bridgehead atoms. The van der Waals surface area contributed by atoms with Crippen molar-refractivity contribution in [1.82, 2.24) is 0 Å². The molecule has 132 valence electrons. The Balaban J connectivity index is 2.19. The van der Waals surface area contributed by atoms with Crippen molar-refractivity contribution in [3.63, 3.8) is 0 Å². The number of benzene rings is 1. The first-order chi connectivity index (χ1) is 11.0. The molecular weight excluding hydrogens is 312 g/mol. The van der Waals surface area contributed by atoms with Crippen LogP contribution in [0.5, 0.6) is 11.5 Å². The Morgan fingerprint density at radius 2 is 1.75 bits per heavy atom. The molecule has 1 aliphatic heterocycles. The van der Waals surface area contributed by atoms with Crippen molar-refractivity contribution in [3.8, 4) is 11.5 Å². The van der Waals surface area contributed by atoms with E-state index in [2.05, 4.69) is 0 Å². The van der Waals surface area contributed by atoms with Gasteiger partial charge in [-0.05, 0) is 44.9 Å². The summed E-state index contributed by atoms with van der Waals surface area (Å²) in [5.41, 5.74) is 0.0822. The Morgan fingerprint density at radius 3 is 2.33 bits per heavy atom. The van der Waals surface area contributed by atoms with Crippen LogP contribution in [0.4, 0.5) is 0 Å². The molecule has 0 aliphatic carbocycles. The van der Waals surface area contributed by atoms with Crippen molar-refractivity contribution < 1.29 is 28.5 Å². The summed E-state index contributed by atoms with van der Waals surface area (Å²) in [7, 11) is 1.25. The van der Waals surface area contributed by atoms with Gasteiger partial charge in [0.05, 0.1) is 7.11 Å². The van der Waals surface area contributed by atoms with Gasteiger partial charge in [-0.1, -0.05) is 6.07 Å². The van der Waals surface area contributed by atoms with E-state index >= 15 is 0 Å². The Hall–Kier alpha value is -2.24. The molecule has 0 spiro atoms. The summed E-state index contributed by atoms with van der Waals surface area (Å²) in [6.45, 7) is 8.88. The Bertz CT molecular complexity index is 641. The van der Waals surface area contributed by atoms with E-state index in [0.717, 1.165) is 5.56 Å². The van der Waals surface area contributed by atoms with Gasteiger partial charge < -0.3 is 18.9 Å². The summed E-state index contributed by atoms with van der Waals surface area (Å²) in [4.78, 5) is 24.3. The highest BCUT2D eigenvalue weighted by atomic mass is 16.7. The third-order valence-electron chi connectivity index (χ3n) is 3.34. The summed E-state index contributed by atoms with van der Waals surface area (Å²) in [6.07, 6.45) is 0.165. The molecule has 0 fully saturated rings. The fraction of sp³-hybridized carbons (Fsp3) is 0.556. The second-order valence-corrected chi connectivity index (χ2v) is 7.20. The van der Waals surface area contributed by atoms with Crippen LogP contribution in [0.25, 0.3) is 0 Å². The van der Waals surface area contributed by atoms with Crippen LogP contribution in [-0.2, 0) is 25.5 Å². The van der Waals surface area contributed by atoms with Gasteiger partial charge in [-0.15, -0.1) is 0 Å². The maximum atomic E-state index is 12.3. The average Bonchev–Trinajstić information content (AvgIpc) is 2.74. The number of methoxy groups -OCH3 is 1. The van der Waals surface area contributed by atoms with E-state index in [0.29, 0.717) is 11.5 Å². The number of hydrogen-bond acceptors (Lipinski definition) is 6. The number of rotatable bonds is 4. The third-order valence-corrected chi connectivity index (χ3v) is 3.34. The minimum atomic E-state index is -1.03. The molecule has 1 aromatic rings. The van der Waals surface area contributed by atoms with Crippen LogP contribution in [0, 0.1) is 5.92 Å². The van der Waals surface area contributed by atoms with E-state index in [4.69, 9.17) is 18.9 Å². The number of hydrogen-bond donors (Lipinski definition) is 0. The third kappa shape index (κ3) is 4.40. The van der Waals surface area contributed by atoms with Gasteiger partial charge in [0, 0.05) is 13.8 Å². The highest BCUT2D eigenvalue weighted by Crippen LogP contribution is 2.40. The van der Waals surface area contributed by atoms with Gasteiger partial charge in [0.1, 0.15) is 5.60 Å². The molecule has 0 saturated heterocycles. The molecule has 1 heterocycles. The molecule has 0 saturated carbocycles. The lowest BCUT2D eigenvalue weighted by Crippen LogP contribution is -2.34. The van der Waals surface area contributed by atoms with Gasteiger partial charge >= 0.3 is 11.9 Å². The van der Waals surface area contributed by atoms with E-state index in [1.165, 1.54) is 7.11 Å². The van der Waals surface area contributed by atoms with Crippen LogP contribution in [0.3, 0.4) is 0 Å². The highest BCUT2D eigenvalue weighted by Gasteiger charge is 2.34. The number of fused-ring (bicyclic) bond motifs is 1. The normalized spacial score (nSPS) is 16.4. The first-order valence-corrected chi connectivity index (χ1v) is 7.82. The fourth-order valence-corrected chi connectivity index (χ4v) is 2.41. The SMILES string of the molecule is COC(=O)[C@H](Cc1ccc2c(c1)OC(C)(C)O2)C(=O)OC(C)(C)C. The van der Waals surface area contributed by atoms with Gasteiger partial charge in [0.25, 0.3) is 0 Å². The second-order valence-electron chi connectivity index (χ2n) is 7.20. The summed E-state index contributed by atoms with van der Waals surface area (Å²) >= 11 is 0. The van der Waals surface area contributed by atoms with Crippen molar-refractivity contribution in [1.29, 1.82) is 0 Å². The molecule has 0 aromatic heterocycles. The van der Waals surface area contributed by atoms with Gasteiger partial charge in [0.15, 0.2) is 17.4 Å². The molecular formula is C18H24O6. The van der Waals surface area contributed by atoms with Crippen molar-refractivity contribution >= 4 is 11.9 Å². The largest absolute Gasteiger partial charge is 0.468 e. The maximum absolute atomic E-state index is 12.3. The standard InChI is InChI=1S/C18H24O6/c1-17(2,3)24-16(20)12(15(19)21-6)9-11-7-8-13-14(10-11)23-18(4,5)22-13/h7-8,10,12H,9H2,1-6H3/t12-/m0/s1. The predicted molar refractivity (Wildman–Crippen MR) is 86.8 cm³/mol. The zero-order valence-electron chi connectivity index (χ0n) is 15.0. The minimum Gasteiger partial charge on any atom is -0.468 e. The van der Waals surface area contributed by atoms with Crippen molar-refractivity contribution in [3.05, 3.63) is 23.8 Å². The first kappa shape index (κ1) is 18.1. The van der Waals surface area contributed by atoms with E-state index in [9.17, 15) is 9.59 Å². The molecule has 1 atom stereocenters. The molecule has 6 nitrogen and oxygen atoms in total. The quantitative estimate of drug-likeness (QED) is 0.622. The number of carbonyl (C=O) groups is 2. The van der Waals surface area contributed by atoms with Crippen LogP contribution in [0.15, 0.2) is 18.2 Å². The Morgan fingerprint density at radius 1 is 1.12 bits per heavy atom. The fourth-order valence-electron chi connectivity index (χ4n) is 2.41. The number of carbonyl (C=O) groups excluding carboxylic acids is 2. The van der Waals surface area contributed by atoms with E-state index < -0.39 is 29.2 Å². The molecule has 2 rings (SSSR count). The molecule has 0 unspecified atom stereocenters. The van der Waals surface area contributed by atoms with Crippen molar-refractivity contribution in [2.24, 2.45) is 5.92 Å². The summed E-state index contributed by atoms with van der Waals surface area (Å²) in [6, 6.07) is 5.33. The van der Waals surface area contributed by atoms with Crippen LogP contribution in [0.1, 0.15) is 40.2 Å². The monoisotopic (exact) mass is 336 g/mol. The second kappa shape index (κ2) is 6.34. The Labute approximate surface area is 142 Å². The van der Waals surface area contributed by atoms with Gasteiger partial charge in [-0.2, -0.15) is 0 Å². The van der Waals surface area contributed by atoms with Crippen LogP contribution in [0.2, 0.25) is 0 Å². The summed E-state index contributed by atoms with van der Waals surface area (Å²) < 4.78 is 21.4. The lowest BCUT2D eigenvalue weighted by molar-refractivity contribution is -0.168. The lowest BCUT2D eigenvalue weighted by Gasteiger charge is -2.23. The maximum Gasteiger partial charge on any atom is 0.321 e. The Kier molecular flexibility index (Phi) is 4.78. The van der Waals surface area contributed by atoms with E-state index in [1.807, 2.05) is 13.8 Å². The minimum absolute atomic E-state index is 0.165. The topological polar surface area (TPSA) is 71.1 Å². The highest BCUT2D eigenvalue weighted by molar-refractivity contribution is 5.95. The zero-order chi connectivity index (χ0) is 18.1. The lowest BCUT2D eigenvalue weighted by atomic mass is 9.98. The molecule has 0 amide bonds. The average molecular weight is 336 g/mol. The first-order valence-electron chi connectivity index (χ1n) is 7.82. The van der Waals surface area contributed by atoms with Gasteiger partial charge in [-0.3, -0.25) is 9.59 Å². The van der Waals surface area contributed by atoms with Gasteiger partial charge in [0.2, 0.25) is 5.79 Å². The predicted octanol–water partition coefficient (Wildman–Crippen LogP) is 2.87. The molecule has 1 aromatic carbocycles. The molecule has 0 N–H and O–H groups in total. The van der Waals surface area contributed by atoms with Crippen molar-refractivity contribution in [2.45, 2.75) is 52.4 Å². The zero-order valence-corrected chi connectivity index (χ0v) is 15.0. The van der Waals surface area contributed by atoms with Crippen molar-refractivity contribution in [2.75, 3.05) is 7.11 Å². The van der Waals surface area contributed by atoms with E-state index in [-0.39, 0.29) is 6.42 Å². The smallest absolute Gasteiger partial charge is 0.321 e. The number of esters is 2. The van der Waals surface area contributed by atoms with Crippen LogP contribution in [-0.4, -0.2) is 30.4 Å².